The van der Waals surface area contributed by atoms with Crippen LogP contribution in [0.4, 0.5) is 0 Å². The summed E-state index contributed by atoms with van der Waals surface area (Å²) < 4.78 is 0. The summed E-state index contributed by atoms with van der Waals surface area (Å²) >= 11 is 1.35. The average molecular weight is 238 g/mol. The number of aromatic amines is 1. The van der Waals surface area contributed by atoms with Crippen LogP contribution in [0.3, 0.4) is 0 Å². The molecule has 1 aliphatic rings. The molecule has 0 aliphatic heterocycles. The van der Waals surface area contributed by atoms with Crippen molar-refractivity contribution in [1.82, 2.24) is 20.5 Å². The number of hydrogen-bond donors (Lipinski definition) is 2. The lowest BCUT2D eigenvalue weighted by atomic mass is 10.4. The van der Waals surface area contributed by atoms with Crippen molar-refractivity contribution in [3.8, 4) is 0 Å². The minimum Gasteiger partial charge on any atom is -0.352 e. The normalized spacial score (nSPS) is 14.8. The molecule has 1 fully saturated rings. The molecule has 1 saturated carbocycles. The van der Waals surface area contributed by atoms with Gasteiger partial charge in [-0.3, -0.25) is 9.89 Å². The number of rotatable bonds is 6. The smallest absolute Gasteiger partial charge is 0.230 e. The highest BCUT2D eigenvalue weighted by molar-refractivity contribution is 7.99. The van der Waals surface area contributed by atoms with E-state index in [9.17, 15) is 4.79 Å². The molecule has 0 bridgehead atoms. The molecule has 2 N–H and O–H groups in total. The van der Waals surface area contributed by atoms with Gasteiger partial charge in [-0.2, -0.15) is 0 Å². The molecule has 5 nitrogen and oxygen atoms in total. The third-order valence-corrected chi connectivity index (χ3v) is 3.07. The van der Waals surface area contributed by atoms with E-state index in [0.717, 1.165) is 5.82 Å². The van der Waals surface area contributed by atoms with Gasteiger partial charge >= 0.3 is 0 Å². The Hall–Kier alpha value is -1.30. The minimum atomic E-state index is -0.0253. The van der Waals surface area contributed by atoms with Crippen molar-refractivity contribution in [3.63, 3.8) is 0 Å². The van der Waals surface area contributed by atoms with Crippen molar-refractivity contribution < 1.29 is 4.79 Å². The van der Waals surface area contributed by atoms with Crippen LogP contribution in [0.1, 0.15) is 24.6 Å². The molecule has 1 aromatic heterocycles. The van der Waals surface area contributed by atoms with Gasteiger partial charge in [-0.15, -0.1) is 11.7 Å². The fourth-order valence-electron chi connectivity index (χ4n) is 1.23. The van der Waals surface area contributed by atoms with Gasteiger partial charge in [0.25, 0.3) is 0 Å². The Bertz CT molecular complexity index is 386. The van der Waals surface area contributed by atoms with Crippen LogP contribution in [0.25, 0.3) is 0 Å². The first kappa shape index (κ1) is 11.2. The van der Waals surface area contributed by atoms with E-state index in [-0.39, 0.29) is 5.91 Å². The summed E-state index contributed by atoms with van der Waals surface area (Å²) in [5.41, 5.74) is 0. The van der Waals surface area contributed by atoms with Crippen LogP contribution < -0.4 is 5.32 Å². The molecule has 0 aromatic carbocycles. The summed E-state index contributed by atoms with van der Waals surface area (Å²) in [7, 11) is 0. The summed E-state index contributed by atoms with van der Waals surface area (Å²) in [6, 6.07) is 0. The van der Waals surface area contributed by atoms with Crippen LogP contribution in [0, 0.1) is 0 Å². The second-order valence-electron chi connectivity index (χ2n) is 3.66. The fourth-order valence-corrected chi connectivity index (χ4v) is 1.86. The van der Waals surface area contributed by atoms with Gasteiger partial charge in [-0.1, -0.05) is 17.8 Å². The van der Waals surface area contributed by atoms with Gasteiger partial charge in [0.15, 0.2) is 0 Å². The molecule has 2 rings (SSSR count). The van der Waals surface area contributed by atoms with E-state index in [1.54, 1.807) is 6.08 Å². The van der Waals surface area contributed by atoms with E-state index in [2.05, 4.69) is 27.1 Å². The molecule has 0 saturated heterocycles. The molecule has 6 heteroatoms. The molecule has 1 amide bonds. The molecule has 0 unspecified atom stereocenters. The van der Waals surface area contributed by atoms with Crippen molar-refractivity contribution in [2.24, 2.45) is 0 Å². The van der Waals surface area contributed by atoms with E-state index in [4.69, 9.17) is 0 Å². The number of nitrogens with one attached hydrogen (secondary N) is 2. The Balaban J connectivity index is 1.75. The van der Waals surface area contributed by atoms with Crippen molar-refractivity contribution >= 4 is 17.7 Å². The zero-order valence-corrected chi connectivity index (χ0v) is 9.72. The largest absolute Gasteiger partial charge is 0.352 e. The van der Waals surface area contributed by atoms with Crippen LogP contribution in [0.2, 0.25) is 0 Å². The van der Waals surface area contributed by atoms with Crippen molar-refractivity contribution in [3.05, 3.63) is 18.5 Å². The number of aromatic nitrogens is 3. The lowest BCUT2D eigenvalue weighted by Crippen LogP contribution is -2.24. The predicted molar refractivity (Wildman–Crippen MR) is 62.3 cm³/mol. The lowest BCUT2D eigenvalue weighted by Gasteiger charge is -1.98. The van der Waals surface area contributed by atoms with Crippen LogP contribution in [0.5, 0.6) is 0 Å². The summed E-state index contributed by atoms with van der Waals surface area (Å²) in [5.74, 6) is 1.84. The van der Waals surface area contributed by atoms with Crippen molar-refractivity contribution in [1.29, 1.82) is 0 Å². The van der Waals surface area contributed by atoms with Gasteiger partial charge in [0.05, 0.1) is 5.75 Å². The summed E-state index contributed by atoms with van der Waals surface area (Å²) in [4.78, 5) is 15.6. The van der Waals surface area contributed by atoms with Crippen LogP contribution in [-0.2, 0) is 4.79 Å². The van der Waals surface area contributed by atoms with E-state index in [0.29, 0.717) is 23.4 Å². The van der Waals surface area contributed by atoms with Gasteiger partial charge < -0.3 is 5.32 Å². The first-order valence-electron chi connectivity index (χ1n) is 5.22. The Morgan fingerprint density at radius 2 is 2.50 bits per heavy atom. The second-order valence-corrected chi connectivity index (χ2v) is 4.60. The molecular weight excluding hydrogens is 224 g/mol. The van der Waals surface area contributed by atoms with Crippen LogP contribution in [-0.4, -0.2) is 33.4 Å². The van der Waals surface area contributed by atoms with Crippen LogP contribution in [0.15, 0.2) is 17.8 Å². The van der Waals surface area contributed by atoms with Gasteiger partial charge in [0.2, 0.25) is 11.1 Å². The third-order valence-electron chi connectivity index (χ3n) is 2.22. The van der Waals surface area contributed by atoms with Crippen molar-refractivity contribution in [2.45, 2.75) is 23.9 Å². The monoisotopic (exact) mass is 238 g/mol. The molecule has 0 spiro atoms. The molecule has 1 heterocycles. The predicted octanol–water partition coefficient (Wildman–Crippen LogP) is 1.08. The highest BCUT2D eigenvalue weighted by Gasteiger charge is 2.27. The van der Waals surface area contributed by atoms with Gasteiger partial charge in [0.1, 0.15) is 5.82 Å². The zero-order chi connectivity index (χ0) is 11.4. The molecule has 0 radical (unpaired) electrons. The standard InChI is InChI=1S/C10H14N4OS/c1-2-5-11-8(15)6-16-10-12-9(13-14-10)7-3-4-7/h2,7H,1,3-6H2,(H,11,15)(H,12,13,14). The SMILES string of the molecule is C=CCNC(=O)CSc1n[nH]c(C2CC2)n1. The number of thioether (sulfide) groups is 1. The number of nitrogens with zero attached hydrogens (tertiary/aromatic N) is 2. The number of hydrogen-bond acceptors (Lipinski definition) is 4. The van der Waals surface area contributed by atoms with Crippen molar-refractivity contribution in [2.75, 3.05) is 12.3 Å². The van der Waals surface area contributed by atoms with E-state index >= 15 is 0 Å². The molecule has 86 valence electrons. The first-order valence-corrected chi connectivity index (χ1v) is 6.21. The Labute approximate surface area is 98.1 Å². The third kappa shape index (κ3) is 3.10. The number of H-pyrrole nitrogens is 1. The zero-order valence-electron chi connectivity index (χ0n) is 8.90. The Morgan fingerprint density at radius 3 is 3.19 bits per heavy atom. The summed E-state index contributed by atoms with van der Waals surface area (Å²) in [6.45, 7) is 4.03. The quantitative estimate of drug-likeness (QED) is 0.574. The van der Waals surface area contributed by atoms with Crippen LogP contribution >= 0.6 is 11.8 Å². The lowest BCUT2D eigenvalue weighted by molar-refractivity contribution is -0.118. The first-order chi connectivity index (χ1) is 7.79. The maximum Gasteiger partial charge on any atom is 0.230 e. The number of amides is 1. The number of carbonyl (C=O) groups is 1. The summed E-state index contributed by atoms with van der Waals surface area (Å²) in [6.07, 6.45) is 4.04. The number of carbonyl (C=O) groups excluding carboxylic acids is 1. The molecule has 16 heavy (non-hydrogen) atoms. The molecule has 1 aromatic rings. The highest BCUT2D eigenvalue weighted by Crippen LogP contribution is 2.38. The molecular formula is C10H14N4OS. The maximum absolute atomic E-state index is 11.3. The topological polar surface area (TPSA) is 70.7 Å². The van der Waals surface area contributed by atoms with E-state index < -0.39 is 0 Å². The highest BCUT2D eigenvalue weighted by atomic mass is 32.2. The maximum atomic E-state index is 11.3. The second kappa shape index (κ2) is 5.16. The van der Waals surface area contributed by atoms with Gasteiger partial charge in [-0.25, -0.2) is 4.98 Å². The summed E-state index contributed by atoms with van der Waals surface area (Å²) in [5, 5.41) is 10.3. The fraction of sp³-hybridized carbons (Fsp3) is 0.500. The molecule has 0 atom stereocenters. The minimum absolute atomic E-state index is 0.0253. The Morgan fingerprint density at radius 1 is 1.69 bits per heavy atom. The van der Waals surface area contributed by atoms with E-state index in [1.165, 1.54) is 24.6 Å². The Kier molecular flexibility index (Phi) is 3.61. The average Bonchev–Trinajstić information content (AvgIpc) is 3.03. The van der Waals surface area contributed by atoms with E-state index in [1.807, 2.05) is 0 Å². The van der Waals surface area contributed by atoms with Gasteiger partial charge in [-0.05, 0) is 12.8 Å². The molecule has 1 aliphatic carbocycles. The van der Waals surface area contributed by atoms with Gasteiger partial charge in [0, 0.05) is 12.5 Å².